The van der Waals surface area contributed by atoms with Crippen molar-refractivity contribution in [1.29, 1.82) is 0 Å². The van der Waals surface area contributed by atoms with Gasteiger partial charge in [-0.15, -0.1) is 0 Å². The molecule has 1 aromatic heterocycles. The van der Waals surface area contributed by atoms with Gasteiger partial charge in [-0.25, -0.2) is 9.97 Å². The van der Waals surface area contributed by atoms with Crippen molar-refractivity contribution < 1.29 is 0 Å². The average molecular weight is 292 g/mol. The summed E-state index contributed by atoms with van der Waals surface area (Å²) in [4.78, 5) is 9.30. The number of nitrogens with zero attached hydrogens (tertiary/aromatic N) is 2. The lowest BCUT2D eigenvalue weighted by Crippen LogP contribution is -2.21. The van der Waals surface area contributed by atoms with E-state index in [9.17, 15) is 0 Å². The molecule has 2 N–H and O–H groups in total. The Bertz CT molecular complexity index is 441. The van der Waals surface area contributed by atoms with Crippen LogP contribution in [0.5, 0.6) is 0 Å². The van der Waals surface area contributed by atoms with Gasteiger partial charge in [0.15, 0.2) is 0 Å². The molecule has 1 aromatic rings. The standard InChI is InChI=1S/C15H24N4S/c1-2-16-13-9-14(19-15(18-13)11-6-7-11)17-10-12-5-3-4-8-20-12/h9,11-12H,2-8,10H2,1H3,(H2,16,17,18,19). The normalized spacial score (nSPS) is 22.6. The average Bonchev–Trinajstić information content (AvgIpc) is 3.31. The molecule has 5 heteroatoms. The lowest BCUT2D eigenvalue weighted by Gasteiger charge is -2.21. The van der Waals surface area contributed by atoms with Gasteiger partial charge in [0.25, 0.3) is 0 Å². The fraction of sp³-hybridized carbons (Fsp3) is 0.733. The first-order chi connectivity index (χ1) is 9.85. The minimum atomic E-state index is 0.596. The topological polar surface area (TPSA) is 49.8 Å². The summed E-state index contributed by atoms with van der Waals surface area (Å²) in [6, 6.07) is 2.04. The molecule has 2 fully saturated rings. The van der Waals surface area contributed by atoms with Crippen LogP contribution in [0.2, 0.25) is 0 Å². The van der Waals surface area contributed by atoms with E-state index >= 15 is 0 Å². The second-order valence-electron chi connectivity index (χ2n) is 5.67. The number of hydrogen-bond acceptors (Lipinski definition) is 5. The van der Waals surface area contributed by atoms with E-state index in [0.29, 0.717) is 5.92 Å². The van der Waals surface area contributed by atoms with Gasteiger partial charge in [-0.1, -0.05) is 6.42 Å². The van der Waals surface area contributed by atoms with Crippen molar-refractivity contribution in [2.45, 2.75) is 50.2 Å². The largest absolute Gasteiger partial charge is 0.370 e. The van der Waals surface area contributed by atoms with Crippen LogP contribution in [0.15, 0.2) is 6.07 Å². The molecular weight excluding hydrogens is 268 g/mol. The molecule has 1 saturated heterocycles. The minimum absolute atomic E-state index is 0.596. The molecule has 0 bridgehead atoms. The van der Waals surface area contributed by atoms with Crippen LogP contribution in [-0.2, 0) is 0 Å². The van der Waals surface area contributed by atoms with Crippen LogP contribution in [0.4, 0.5) is 11.6 Å². The third kappa shape index (κ3) is 3.78. The van der Waals surface area contributed by atoms with Crippen molar-refractivity contribution in [3.05, 3.63) is 11.9 Å². The van der Waals surface area contributed by atoms with Crippen LogP contribution < -0.4 is 10.6 Å². The third-order valence-electron chi connectivity index (χ3n) is 3.83. The van der Waals surface area contributed by atoms with Crippen LogP contribution in [0.3, 0.4) is 0 Å². The Balaban J connectivity index is 1.64. The van der Waals surface area contributed by atoms with Crippen molar-refractivity contribution in [1.82, 2.24) is 9.97 Å². The summed E-state index contributed by atoms with van der Waals surface area (Å²) >= 11 is 2.10. The molecule has 1 unspecified atom stereocenters. The molecule has 1 aliphatic heterocycles. The van der Waals surface area contributed by atoms with Crippen molar-refractivity contribution >= 4 is 23.4 Å². The SMILES string of the molecule is CCNc1cc(NCC2CCCCS2)nc(C2CC2)n1. The van der Waals surface area contributed by atoms with Gasteiger partial charge in [0, 0.05) is 30.3 Å². The summed E-state index contributed by atoms with van der Waals surface area (Å²) in [5.41, 5.74) is 0. The number of thioether (sulfide) groups is 1. The van der Waals surface area contributed by atoms with Crippen molar-refractivity contribution in [3.63, 3.8) is 0 Å². The Morgan fingerprint density at radius 2 is 1.95 bits per heavy atom. The summed E-state index contributed by atoms with van der Waals surface area (Å²) in [5, 5.41) is 7.58. The second-order valence-corrected chi connectivity index (χ2v) is 7.08. The maximum absolute atomic E-state index is 4.69. The maximum atomic E-state index is 4.69. The molecule has 0 spiro atoms. The molecule has 20 heavy (non-hydrogen) atoms. The van der Waals surface area contributed by atoms with E-state index in [2.05, 4.69) is 34.3 Å². The Labute approximate surface area is 125 Å². The number of hydrogen-bond donors (Lipinski definition) is 2. The third-order valence-corrected chi connectivity index (χ3v) is 5.23. The van der Waals surface area contributed by atoms with Gasteiger partial charge in [0.05, 0.1) is 0 Å². The molecule has 1 aliphatic carbocycles. The van der Waals surface area contributed by atoms with Gasteiger partial charge >= 0.3 is 0 Å². The number of nitrogens with one attached hydrogen (secondary N) is 2. The Kier molecular flexibility index (Phi) is 4.65. The van der Waals surface area contributed by atoms with Crippen molar-refractivity contribution in [2.24, 2.45) is 0 Å². The van der Waals surface area contributed by atoms with E-state index in [4.69, 9.17) is 4.98 Å². The molecule has 2 aliphatic rings. The molecule has 110 valence electrons. The molecule has 1 saturated carbocycles. The second kappa shape index (κ2) is 6.66. The predicted octanol–water partition coefficient (Wildman–Crippen LogP) is 3.48. The Morgan fingerprint density at radius 1 is 1.15 bits per heavy atom. The summed E-state index contributed by atoms with van der Waals surface area (Å²) in [6.07, 6.45) is 6.57. The highest BCUT2D eigenvalue weighted by molar-refractivity contribution is 7.99. The van der Waals surface area contributed by atoms with E-state index in [1.54, 1.807) is 0 Å². The van der Waals surface area contributed by atoms with Gasteiger partial charge in [-0.3, -0.25) is 0 Å². The first-order valence-corrected chi connectivity index (χ1v) is 8.88. The lowest BCUT2D eigenvalue weighted by atomic mass is 10.2. The highest BCUT2D eigenvalue weighted by Crippen LogP contribution is 2.38. The van der Waals surface area contributed by atoms with Crippen LogP contribution in [0, 0.1) is 0 Å². The van der Waals surface area contributed by atoms with Gasteiger partial charge in [-0.05, 0) is 38.4 Å². The van der Waals surface area contributed by atoms with E-state index in [-0.39, 0.29) is 0 Å². The first kappa shape index (κ1) is 14.0. The van der Waals surface area contributed by atoms with Gasteiger partial charge < -0.3 is 10.6 Å². The maximum Gasteiger partial charge on any atom is 0.136 e. The minimum Gasteiger partial charge on any atom is -0.370 e. The Morgan fingerprint density at radius 3 is 2.60 bits per heavy atom. The van der Waals surface area contributed by atoms with Gasteiger partial charge in [0.1, 0.15) is 17.5 Å². The van der Waals surface area contributed by atoms with Gasteiger partial charge in [-0.2, -0.15) is 11.8 Å². The molecule has 1 atom stereocenters. The van der Waals surface area contributed by atoms with Crippen LogP contribution in [0.1, 0.15) is 50.8 Å². The summed E-state index contributed by atoms with van der Waals surface area (Å²) in [7, 11) is 0. The monoisotopic (exact) mass is 292 g/mol. The number of rotatable bonds is 6. The zero-order valence-corrected chi connectivity index (χ0v) is 13.0. The number of anilines is 2. The summed E-state index contributed by atoms with van der Waals surface area (Å²) in [6.45, 7) is 4.03. The Hall–Kier alpha value is -0.970. The molecule has 3 rings (SSSR count). The van der Waals surface area contributed by atoms with E-state index in [1.165, 1.54) is 37.9 Å². The van der Waals surface area contributed by atoms with E-state index < -0.39 is 0 Å². The molecule has 0 aromatic carbocycles. The van der Waals surface area contributed by atoms with Crippen molar-refractivity contribution in [3.8, 4) is 0 Å². The van der Waals surface area contributed by atoms with Crippen LogP contribution in [-0.4, -0.2) is 34.1 Å². The number of aromatic nitrogens is 2. The van der Waals surface area contributed by atoms with Crippen molar-refractivity contribution in [2.75, 3.05) is 29.5 Å². The quantitative estimate of drug-likeness (QED) is 0.840. The summed E-state index contributed by atoms with van der Waals surface area (Å²) in [5.74, 6) is 4.87. The van der Waals surface area contributed by atoms with Crippen LogP contribution in [0.25, 0.3) is 0 Å². The molecule has 4 nitrogen and oxygen atoms in total. The molecular formula is C15H24N4S. The predicted molar refractivity (Wildman–Crippen MR) is 86.8 cm³/mol. The molecule has 0 radical (unpaired) electrons. The molecule has 2 heterocycles. The smallest absolute Gasteiger partial charge is 0.136 e. The molecule has 0 amide bonds. The summed E-state index contributed by atoms with van der Waals surface area (Å²) < 4.78 is 0. The van der Waals surface area contributed by atoms with E-state index in [0.717, 1.165) is 35.8 Å². The highest BCUT2D eigenvalue weighted by atomic mass is 32.2. The zero-order chi connectivity index (χ0) is 13.8. The fourth-order valence-corrected chi connectivity index (χ4v) is 3.78. The fourth-order valence-electron chi connectivity index (χ4n) is 2.54. The first-order valence-electron chi connectivity index (χ1n) is 7.83. The highest BCUT2D eigenvalue weighted by Gasteiger charge is 2.27. The van der Waals surface area contributed by atoms with Crippen LogP contribution >= 0.6 is 11.8 Å². The zero-order valence-electron chi connectivity index (χ0n) is 12.2. The lowest BCUT2D eigenvalue weighted by molar-refractivity contribution is 0.676. The van der Waals surface area contributed by atoms with E-state index in [1.807, 2.05) is 6.07 Å². The van der Waals surface area contributed by atoms with Gasteiger partial charge in [0.2, 0.25) is 0 Å².